The molecule has 5 rings (SSSR count). The lowest BCUT2D eigenvalue weighted by atomic mass is 10.0. The van der Waals surface area contributed by atoms with Crippen molar-refractivity contribution in [3.8, 4) is 0 Å². The number of benzene rings is 1. The SMILES string of the molecule is O=CNc1cn(C[C@H]2CN(c3ccc(N4CCC5(CC4)OCCO5)c(F)c3)C(=O)O2)nn1. The van der Waals surface area contributed by atoms with Gasteiger partial charge in [0, 0.05) is 25.9 Å². The maximum absolute atomic E-state index is 15.0. The van der Waals surface area contributed by atoms with E-state index < -0.39 is 23.8 Å². The van der Waals surface area contributed by atoms with Gasteiger partial charge in [-0.05, 0) is 18.2 Å². The number of carbonyl (C=O) groups is 2. The number of hydrogen-bond acceptors (Lipinski definition) is 8. The van der Waals surface area contributed by atoms with Gasteiger partial charge < -0.3 is 24.4 Å². The third-order valence-corrected chi connectivity index (χ3v) is 5.93. The molecule has 0 aliphatic carbocycles. The maximum Gasteiger partial charge on any atom is 0.414 e. The Hall–Kier alpha value is -3.25. The van der Waals surface area contributed by atoms with Crippen LogP contribution in [0.4, 0.5) is 26.4 Å². The van der Waals surface area contributed by atoms with Crippen molar-refractivity contribution < 1.29 is 28.2 Å². The molecule has 3 fully saturated rings. The normalized spacial score (nSPS) is 22.4. The summed E-state index contributed by atoms with van der Waals surface area (Å²) in [5.41, 5.74) is 0.917. The molecule has 2 amide bonds. The third kappa shape index (κ3) is 3.98. The Labute approximate surface area is 183 Å². The third-order valence-electron chi connectivity index (χ3n) is 5.93. The highest BCUT2D eigenvalue weighted by atomic mass is 19.1. The number of ether oxygens (including phenoxy) is 3. The van der Waals surface area contributed by atoms with Crippen molar-refractivity contribution in [2.75, 3.05) is 48.0 Å². The van der Waals surface area contributed by atoms with E-state index >= 15 is 0 Å². The van der Waals surface area contributed by atoms with Crippen LogP contribution in [-0.2, 0) is 25.5 Å². The molecule has 1 spiro atoms. The van der Waals surface area contributed by atoms with Crippen LogP contribution in [0.5, 0.6) is 0 Å². The Morgan fingerprint density at radius 1 is 1.25 bits per heavy atom. The molecule has 0 radical (unpaired) electrons. The molecule has 0 unspecified atom stereocenters. The molecule has 1 aromatic heterocycles. The molecule has 32 heavy (non-hydrogen) atoms. The average Bonchev–Trinajstić information content (AvgIpc) is 3.51. The monoisotopic (exact) mass is 446 g/mol. The zero-order chi connectivity index (χ0) is 22.1. The van der Waals surface area contributed by atoms with Crippen LogP contribution in [-0.4, -0.2) is 72.2 Å². The van der Waals surface area contributed by atoms with Gasteiger partial charge in [-0.2, -0.15) is 0 Å². The molecule has 1 aromatic carbocycles. The summed E-state index contributed by atoms with van der Waals surface area (Å²) in [6.45, 7) is 2.96. The van der Waals surface area contributed by atoms with Gasteiger partial charge >= 0.3 is 6.09 Å². The Morgan fingerprint density at radius 3 is 2.75 bits per heavy atom. The first-order valence-electron chi connectivity index (χ1n) is 10.5. The van der Waals surface area contributed by atoms with Crippen LogP contribution in [0.2, 0.25) is 0 Å². The molecule has 170 valence electrons. The molecule has 3 aliphatic rings. The van der Waals surface area contributed by atoms with Crippen LogP contribution in [0.15, 0.2) is 24.4 Å². The largest absolute Gasteiger partial charge is 0.442 e. The molecule has 3 saturated heterocycles. The second kappa shape index (κ2) is 8.36. The number of nitrogens with zero attached hydrogens (tertiary/aromatic N) is 5. The van der Waals surface area contributed by atoms with E-state index in [-0.39, 0.29) is 13.1 Å². The van der Waals surface area contributed by atoms with E-state index in [0.717, 1.165) is 0 Å². The second-order valence-corrected chi connectivity index (χ2v) is 7.93. The van der Waals surface area contributed by atoms with E-state index in [2.05, 4.69) is 15.6 Å². The summed E-state index contributed by atoms with van der Waals surface area (Å²) in [6.07, 6.45) is 2.36. The van der Waals surface area contributed by atoms with Crippen LogP contribution < -0.4 is 15.1 Å². The number of hydrogen-bond donors (Lipinski definition) is 1. The molecule has 0 bridgehead atoms. The predicted octanol–water partition coefficient (Wildman–Crippen LogP) is 1.35. The molecule has 1 N–H and O–H groups in total. The molecule has 12 heteroatoms. The molecule has 3 aliphatic heterocycles. The number of cyclic esters (lactones) is 1. The fourth-order valence-corrected chi connectivity index (χ4v) is 4.34. The van der Waals surface area contributed by atoms with Crippen molar-refractivity contribution in [2.24, 2.45) is 0 Å². The highest BCUT2D eigenvalue weighted by Crippen LogP contribution is 2.35. The highest BCUT2D eigenvalue weighted by molar-refractivity contribution is 5.90. The minimum atomic E-state index is -0.552. The number of nitrogens with one attached hydrogen (secondary N) is 1. The van der Waals surface area contributed by atoms with Gasteiger partial charge in [0.2, 0.25) is 6.41 Å². The number of carbonyl (C=O) groups excluding carboxylic acids is 2. The average molecular weight is 446 g/mol. The summed E-state index contributed by atoms with van der Waals surface area (Å²) in [5, 5.41) is 10.1. The summed E-state index contributed by atoms with van der Waals surface area (Å²) in [6, 6.07) is 4.76. The Morgan fingerprint density at radius 2 is 2.03 bits per heavy atom. The first-order valence-corrected chi connectivity index (χ1v) is 10.5. The van der Waals surface area contributed by atoms with E-state index in [0.29, 0.717) is 62.7 Å². The quantitative estimate of drug-likeness (QED) is 0.662. The second-order valence-electron chi connectivity index (χ2n) is 7.93. The molecule has 11 nitrogen and oxygen atoms in total. The first-order chi connectivity index (χ1) is 15.5. The number of amides is 2. The topological polar surface area (TPSA) is 111 Å². The zero-order valence-electron chi connectivity index (χ0n) is 17.3. The molecular weight excluding hydrogens is 423 g/mol. The van der Waals surface area contributed by atoms with Gasteiger partial charge in [-0.15, -0.1) is 5.10 Å². The number of piperidine rings is 1. The summed E-state index contributed by atoms with van der Waals surface area (Å²) in [4.78, 5) is 26.2. The molecule has 2 aromatic rings. The van der Waals surface area contributed by atoms with E-state index in [1.54, 1.807) is 12.1 Å². The van der Waals surface area contributed by atoms with Gasteiger partial charge in [-0.3, -0.25) is 9.69 Å². The van der Waals surface area contributed by atoms with Crippen molar-refractivity contribution in [1.29, 1.82) is 0 Å². The predicted molar refractivity (Wildman–Crippen MR) is 110 cm³/mol. The summed E-state index contributed by atoms with van der Waals surface area (Å²) >= 11 is 0. The molecular formula is C20H23FN6O5. The minimum absolute atomic E-state index is 0.245. The lowest BCUT2D eigenvalue weighted by molar-refractivity contribution is -0.169. The van der Waals surface area contributed by atoms with E-state index in [1.807, 2.05) is 4.90 Å². The van der Waals surface area contributed by atoms with Crippen molar-refractivity contribution >= 4 is 29.7 Å². The van der Waals surface area contributed by atoms with E-state index in [9.17, 15) is 14.0 Å². The van der Waals surface area contributed by atoms with E-state index in [1.165, 1.54) is 21.8 Å². The molecule has 1 atom stereocenters. The van der Waals surface area contributed by atoms with Gasteiger partial charge in [0.15, 0.2) is 11.6 Å². The summed E-state index contributed by atoms with van der Waals surface area (Å²) in [5.74, 6) is -0.618. The number of aromatic nitrogens is 3. The summed E-state index contributed by atoms with van der Waals surface area (Å²) in [7, 11) is 0. The zero-order valence-corrected chi connectivity index (χ0v) is 17.3. The number of rotatable bonds is 6. The lowest BCUT2D eigenvalue weighted by Crippen LogP contribution is -2.45. The number of halogens is 1. The summed E-state index contributed by atoms with van der Waals surface area (Å²) < 4.78 is 33.3. The maximum atomic E-state index is 15.0. The van der Waals surface area contributed by atoms with Crippen molar-refractivity contribution in [3.05, 3.63) is 30.2 Å². The fraction of sp³-hybridized carbons (Fsp3) is 0.500. The smallest absolute Gasteiger partial charge is 0.414 e. The highest BCUT2D eigenvalue weighted by Gasteiger charge is 2.40. The number of anilines is 3. The Kier molecular flexibility index (Phi) is 5.39. The van der Waals surface area contributed by atoms with Crippen LogP contribution in [0, 0.1) is 5.82 Å². The van der Waals surface area contributed by atoms with Gasteiger partial charge in [0.1, 0.15) is 11.9 Å². The Balaban J connectivity index is 1.22. The molecule has 0 saturated carbocycles. The molecule has 4 heterocycles. The standard InChI is InChI=1S/C20H23FN6O5/c21-16-9-14(1-2-17(16)25-5-3-20(4-6-25)30-7-8-31-20)27-11-15(32-19(27)29)10-26-12-18(22-13-28)23-24-26/h1-2,9,12-13,15H,3-8,10-11H2,(H,22,28)/t15-/m0/s1. The fourth-order valence-electron chi connectivity index (χ4n) is 4.34. The van der Waals surface area contributed by atoms with Crippen LogP contribution in [0.25, 0.3) is 0 Å². The van der Waals surface area contributed by atoms with Gasteiger partial charge in [-0.25, -0.2) is 13.9 Å². The van der Waals surface area contributed by atoms with Crippen molar-refractivity contribution in [1.82, 2.24) is 15.0 Å². The minimum Gasteiger partial charge on any atom is -0.442 e. The first kappa shape index (κ1) is 20.6. The van der Waals surface area contributed by atoms with Gasteiger partial charge in [0.05, 0.1) is 43.9 Å². The van der Waals surface area contributed by atoms with E-state index in [4.69, 9.17) is 14.2 Å². The van der Waals surface area contributed by atoms with Crippen LogP contribution in [0.1, 0.15) is 12.8 Å². The van der Waals surface area contributed by atoms with Crippen LogP contribution >= 0.6 is 0 Å². The van der Waals surface area contributed by atoms with Crippen molar-refractivity contribution in [2.45, 2.75) is 31.3 Å². The lowest BCUT2D eigenvalue weighted by Gasteiger charge is -2.38. The van der Waals surface area contributed by atoms with Gasteiger partial charge in [0.25, 0.3) is 0 Å². The van der Waals surface area contributed by atoms with Crippen molar-refractivity contribution in [3.63, 3.8) is 0 Å². The Bertz CT molecular complexity index is 1000. The van der Waals surface area contributed by atoms with Gasteiger partial charge in [-0.1, -0.05) is 5.21 Å². The van der Waals surface area contributed by atoms with Crippen LogP contribution in [0.3, 0.4) is 0 Å².